The van der Waals surface area contributed by atoms with Crippen LogP contribution in [-0.2, 0) is 22.7 Å². The largest absolute Gasteiger partial charge is 0.482 e. The third kappa shape index (κ3) is 4.44. The molecule has 0 fully saturated rings. The van der Waals surface area contributed by atoms with E-state index >= 15 is 0 Å². The fourth-order valence-corrected chi connectivity index (χ4v) is 1.48. The third-order valence-electron chi connectivity index (χ3n) is 2.47. The van der Waals surface area contributed by atoms with E-state index in [-0.39, 0.29) is 13.2 Å². The molecule has 0 aliphatic carbocycles. The first kappa shape index (κ1) is 15.2. The van der Waals surface area contributed by atoms with Gasteiger partial charge in [0.2, 0.25) is 0 Å². The Kier molecular flexibility index (Phi) is 5.68. The summed E-state index contributed by atoms with van der Waals surface area (Å²) in [5, 5.41) is 12.9. The maximum absolute atomic E-state index is 5.68. The Hall–Kier alpha value is -3.16. The van der Waals surface area contributed by atoms with Gasteiger partial charge in [0, 0.05) is 0 Å². The van der Waals surface area contributed by atoms with Gasteiger partial charge in [0.05, 0.1) is 0 Å². The van der Waals surface area contributed by atoms with Crippen LogP contribution in [0.25, 0.3) is 0 Å². The Morgan fingerprint density at radius 1 is 1.00 bits per heavy atom. The van der Waals surface area contributed by atoms with Crippen LogP contribution in [0.15, 0.2) is 61.6 Å². The Morgan fingerprint density at radius 2 is 1.59 bits per heavy atom. The van der Waals surface area contributed by atoms with Crippen LogP contribution < -0.4 is 0 Å². The molecule has 2 N–H and O–H groups in total. The van der Waals surface area contributed by atoms with Crippen LogP contribution in [0.5, 0.6) is 0 Å². The van der Waals surface area contributed by atoms with Gasteiger partial charge in [-0.25, -0.2) is 9.97 Å². The number of aromatic nitrogens is 6. The minimum atomic E-state index is 0.221. The highest BCUT2D eigenvalue weighted by atomic mass is 16.5. The van der Waals surface area contributed by atoms with Crippen LogP contribution in [0.2, 0.25) is 0 Å². The van der Waals surface area contributed by atoms with Gasteiger partial charge in [-0.15, -0.1) is 0 Å². The van der Waals surface area contributed by atoms with Gasteiger partial charge < -0.3 is 9.47 Å². The van der Waals surface area contributed by atoms with Crippen LogP contribution in [0, 0.1) is 0 Å². The Labute approximate surface area is 127 Å². The average molecular weight is 300 g/mol. The maximum atomic E-state index is 5.68. The second kappa shape index (κ2) is 8.20. The summed E-state index contributed by atoms with van der Waals surface area (Å²) in [5.41, 5.74) is 0. The van der Waals surface area contributed by atoms with Crippen molar-refractivity contribution in [2.75, 3.05) is 0 Å². The lowest BCUT2D eigenvalue weighted by Crippen LogP contribution is -2.01. The van der Waals surface area contributed by atoms with E-state index < -0.39 is 0 Å². The quantitative estimate of drug-likeness (QED) is 0.541. The van der Waals surface area contributed by atoms with E-state index in [2.05, 4.69) is 43.5 Å². The standard InChI is InChI=1S/C14H16N6O2/c1-3-5-6-12(22-8-14-16-10-18-20-14)11(4-2)21-7-13-15-9-17-19-13/h3-6,9-10H,1-2,7-8H2,(H,15,17,19)(H,16,18,20)/b6-5-,12-11-. The van der Waals surface area contributed by atoms with Crippen LogP contribution in [0.1, 0.15) is 11.6 Å². The van der Waals surface area contributed by atoms with Gasteiger partial charge in [0.25, 0.3) is 0 Å². The zero-order valence-electron chi connectivity index (χ0n) is 11.9. The average Bonchev–Trinajstić information content (AvgIpc) is 3.22. The molecular weight excluding hydrogens is 284 g/mol. The van der Waals surface area contributed by atoms with Gasteiger partial charge in [-0.1, -0.05) is 25.3 Å². The Balaban J connectivity index is 2.08. The van der Waals surface area contributed by atoms with E-state index in [1.165, 1.54) is 12.7 Å². The topological polar surface area (TPSA) is 102 Å². The number of nitrogens with one attached hydrogen (secondary N) is 2. The minimum Gasteiger partial charge on any atom is -0.482 e. The summed E-state index contributed by atoms with van der Waals surface area (Å²) < 4.78 is 11.3. The molecule has 2 heterocycles. The monoisotopic (exact) mass is 300 g/mol. The van der Waals surface area contributed by atoms with Gasteiger partial charge in [-0.2, -0.15) is 10.2 Å². The molecule has 0 atom stereocenters. The molecule has 0 aliphatic heterocycles. The molecule has 0 saturated carbocycles. The molecule has 0 amide bonds. The van der Waals surface area contributed by atoms with Crippen LogP contribution in [-0.4, -0.2) is 30.4 Å². The molecule has 2 rings (SSSR count). The minimum absolute atomic E-state index is 0.221. The fraction of sp³-hybridized carbons (Fsp3) is 0.143. The summed E-state index contributed by atoms with van der Waals surface area (Å²) in [6.45, 7) is 7.80. The maximum Gasteiger partial charge on any atom is 0.162 e. The summed E-state index contributed by atoms with van der Waals surface area (Å²) in [6, 6.07) is 0. The first-order valence-corrected chi connectivity index (χ1v) is 6.43. The number of hydrogen-bond donors (Lipinski definition) is 2. The lowest BCUT2D eigenvalue weighted by Gasteiger charge is -2.11. The van der Waals surface area contributed by atoms with Gasteiger partial charge in [-0.05, 0) is 12.2 Å². The van der Waals surface area contributed by atoms with Crippen molar-refractivity contribution in [3.8, 4) is 0 Å². The number of allylic oxidation sites excluding steroid dienone is 4. The molecule has 0 bridgehead atoms. The van der Waals surface area contributed by atoms with E-state index in [0.29, 0.717) is 23.2 Å². The van der Waals surface area contributed by atoms with Crippen LogP contribution in [0.4, 0.5) is 0 Å². The fourth-order valence-electron chi connectivity index (χ4n) is 1.48. The van der Waals surface area contributed by atoms with Gasteiger partial charge in [0.1, 0.15) is 25.9 Å². The third-order valence-corrected chi connectivity index (χ3v) is 2.47. The molecule has 0 radical (unpaired) electrons. The molecule has 0 unspecified atom stereocenters. The molecule has 8 nitrogen and oxygen atoms in total. The Morgan fingerprint density at radius 3 is 2.05 bits per heavy atom. The van der Waals surface area contributed by atoms with E-state index in [1.54, 1.807) is 24.3 Å². The molecule has 2 aromatic heterocycles. The molecule has 2 aromatic rings. The summed E-state index contributed by atoms with van der Waals surface area (Å²) in [4.78, 5) is 7.98. The SMILES string of the molecule is C=C/C=C\C(OCc1ncn[nH]1)=C(/C=C)OCc1ncn[nH]1. The second-order valence-corrected chi connectivity index (χ2v) is 3.97. The highest BCUT2D eigenvalue weighted by Crippen LogP contribution is 2.14. The first-order chi connectivity index (χ1) is 10.8. The number of aromatic amines is 2. The van der Waals surface area contributed by atoms with E-state index in [4.69, 9.17) is 9.47 Å². The summed E-state index contributed by atoms with van der Waals surface area (Å²) >= 11 is 0. The molecule has 0 spiro atoms. The van der Waals surface area contributed by atoms with Crippen molar-refractivity contribution in [2.24, 2.45) is 0 Å². The first-order valence-electron chi connectivity index (χ1n) is 6.43. The molecular formula is C14H16N6O2. The molecule has 0 aliphatic rings. The van der Waals surface area contributed by atoms with Crippen molar-refractivity contribution in [2.45, 2.75) is 13.2 Å². The molecule has 0 saturated heterocycles. The molecule has 0 aromatic carbocycles. The molecule has 114 valence electrons. The number of hydrogen-bond acceptors (Lipinski definition) is 6. The second-order valence-electron chi connectivity index (χ2n) is 3.97. The highest BCUT2D eigenvalue weighted by Gasteiger charge is 2.07. The summed E-state index contributed by atoms with van der Waals surface area (Å²) in [6.07, 6.45) is 9.47. The van der Waals surface area contributed by atoms with Crippen LogP contribution in [0.3, 0.4) is 0 Å². The van der Waals surface area contributed by atoms with Crippen molar-refractivity contribution in [1.82, 2.24) is 30.4 Å². The normalized spacial score (nSPS) is 12.0. The number of ether oxygens (including phenoxy) is 2. The van der Waals surface area contributed by atoms with E-state index in [0.717, 1.165) is 0 Å². The Bertz CT molecular complexity index is 643. The molecule has 22 heavy (non-hydrogen) atoms. The lowest BCUT2D eigenvalue weighted by molar-refractivity contribution is 0.149. The predicted molar refractivity (Wildman–Crippen MR) is 78.9 cm³/mol. The number of nitrogens with zero attached hydrogens (tertiary/aromatic N) is 4. The van der Waals surface area contributed by atoms with Crippen molar-refractivity contribution >= 4 is 0 Å². The van der Waals surface area contributed by atoms with Crippen molar-refractivity contribution in [3.63, 3.8) is 0 Å². The smallest absolute Gasteiger partial charge is 0.162 e. The molecule has 8 heteroatoms. The zero-order valence-corrected chi connectivity index (χ0v) is 11.9. The van der Waals surface area contributed by atoms with E-state index in [1.807, 2.05) is 0 Å². The lowest BCUT2D eigenvalue weighted by atomic mass is 10.3. The van der Waals surface area contributed by atoms with Crippen molar-refractivity contribution in [1.29, 1.82) is 0 Å². The van der Waals surface area contributed by atoms with Gasteiger partial charge >= 0.3 is 0 Å². The summed E-state index contributed by atoms with van der Waals surface area (Å²) in [7, 11) is 0. The highest BCUT2D eigenvalue weighted by molar-refractivity contribution is 5.25. The number of H-pyrrole nitrogens is 2. The zero-order chi connectivity index (χ0) is 15.6. The van der Waals surface area contributed by atoms with Crippen LogP contribution >= 0.6 is 0 Å². The predicted octanol–water partition coefficient (Wildman–Crippen LogP) is 1.80. The van der Waals surface area contributed by atoms with Crippen molar-refractivity contribution < 1.29 is 9.47 Å². The number of rotatable bonds is 9. The van der Waals surface area contributed by atoms with Gasteiger partial charge in [0.15, 0.2) is 23.2 Å². The van der Waals surface area contributed by atoms with E-state index in [9.17, 15) is 0 Å². The van der Waals surface area contributed by atoms with Gasteiger partial charge in [-0.3, -0.25) is 10.2 Å². The summed E-state index contributed by atoms with van der Waals surface area (Å²) in [5.74, 6) is 2.16. The van der Waals surface area contributed by atoms with Crippen molar-refractivity contribution in [3.05, 3.63) is 73.3 Å².